The second-order valence-corrected chi connectivity index (χ2v) is 5.46. The summed E-state index contributed by atoms with van der Waals surface area (Å²) in [5.41, 5.74) is 11.3. The largest absolute Gasteiger partial charge is 0.378 e. The Morgan fingerprint density at radius 3 is 2.30 bits per heavy atom. The van der Waals surface area contributed by atoms with Gasteiger partial charge in [0.05, 0.1) is 6.04 Å². The summed E-state index contributed by atoms with van der Waals surface area (Å²) in [6.07, 6.45) is 2.27. The van der Waals surface area contributed by atoms with Crippen LogP contribution in [-0.2, 0) is 6.42 Å². The summed E-state index contributed by atoms with van der Waals surface area (Å²) >= 11 is 0. The Kier molecular flexibility index (Phi) is 4.80. The molecule has 2 nitrogen and oxygen atoms in total. The van der Waals surface area contributed by atoms with Crippen molar-refractivity contribution in [1.29, 1.82) is 0 Å². The molecule has 0 aliphatic heterocycles. The molecule has 0 heterocycles. The molecule has 2 aromatic carbocycles. The van der Waals surface area contributed by atoms with E-state index >= 15 is 0 Å². The summed E-state index contributed by atoms with van der Waals surface area (Å²) < 4.78 is 0. The van der Waals surface area contributed by atoms with Crippen LogP contribution in [0.5, 0.6) is 0 Å². The van der Waals surface area contributed by atoms with Crippen LogP contribution < -0.4 is 10.6 Å². The lowest BCUT2D eigenvalue weighted by Crippen LogP contribution is -2.14. The van der Waals surface area contributed by atoms with Crippen molar-refractivity contribution >= 4 is 5.69 Å². The summed E-state index contributed by atoms with van der Waals surface area (Å²) in [6.45, 7) is 2.20. The molecule has 0 saturated heterocycles. The molecule has 0 aliphatic rings. The Balaban J connectivity index is 2.28. The summed E-state index contributed by atoms with van der Waals surface area (Å²) in [5.74, 6) is 0. The first-order valence-electron chi connectivity index (χ1n) is 7.23. The van der Waals surface area contributed by atoms with Gasteiger partial charge < -0.3 is 10.6 Å². The van der Waals surface area contributed by atoms with Crippen LogP contribution in [-0.4, -0.2) is 14.1 Å². The molecule has 106 valence electrons. The maximum atomic E-state index is 6.43. The van der Waals surface area contributed by atoms with E-state index in [0.29, 0.717) is 0 Å². The van der Waals surface area contributed by atoms with Gasteiger partial charge in [0.2, 0.25) is 0 Å². The molecular formula is C18H24N2. The number of nitrogens with two attached hydrogens (primary N) is 1. The third kappa shape index (κ3) is 3.40. The molecule has 20 heavy (non-hydrogen) atoms. The minimum Gasteiger partial charge on any atom is -0.378 e. The van der Waals surface area contributed by atoms with Crippen LogP contribution in [0.15, 0.2) is 48.5 Å². The highest BCUT2D eigenvalue weighted by Crippen LogP contribution is 2.24. The molecule has 0 bridgehead atoms. The van der Waals surface area contributed by atoms with E-state index < -0.39 is 0 Å². The van der Waals surface area contributed by atoms with E-state index in [0.717, 1.165) is 18.4 Å². The number of anilines is 1. The molecule has 0 radical (unpaired) electrons. The van der Waals surface area contributed by atoms with Gasteiger partial charge in [0.25, 0.3) is 0 Å². The van der Waals surface area contributed by atoms with Gasteiger partial charge in [-0.05, 0) is 35.2 Å². The Hall–Kier alpha value is -1.80. The van der Waals surface area contributed by atoms with Crippen molar-refractivity contribution < 1.29 is 0 Å². The molecular weight excluding hydrogens is 244 g/mol. The van der Waals surface area contributed by atoms with Gasteiger partial charge in [0.1, 0.15) is 0 Å². The fourth-order valence-electron chi connectivity index (χ4n) is 2.42. The second kappa shape index (κ2) is 6.58. The molecule has 0 aliphatic carbocycles. The van der Waals surface area contributed by atoms with Crippen molar-refractivity contribution in [2.24, 2.45) is 5.73 Å². The van der Waals surface area contributed by atoms with Gasteiger partial charge in [-0.1, -0.05) is 49.7 Å². The Morgan fingerprint density at radius 2 is 1.65 bits per heavy atom. The highest BCUT2D eigenvalue weighted by Gasteiger charge is 2.10. The molecule has 2 N–H and O–H groups in total. The lowest BCUT2D eigenvalue weighted by molar-refractivity contribution is 0.857. The van der Waals surface area contributed by atoms with E-state index in [1.807, 2.05) is 14.1 Å². The number of hydrogen-bond acceptors (Lipinski definition) is 2. The second-order valence-electron chi connectivity index (χ2n) is 5.46. The molecule has 2 heteroatoms. The van der Waals surface area contributed by atoms with Gasteiger partial charge in [-0.3, -0.25) is 0 Å². The number of benzene rings is 2. The van der Waals surface area contributed by atoms with Gasteiger partial charge in [0, 0.05) is 19.8 Å². The summed E-state index contributed by atoms with van der Waals surface area (Å²) in [5, 5.41) is 0. The van der Waals surface area contributed by atoms with Gasteiger partial charge in [-0.25, -0.2) is 0 Å². The van der Waals surface area contributed by atoms with Crippen LogP contribution in [0.4, 0.5) is 5.69 Å². The summed E-state index contributed by atoms with van der Waals surface area (Å²) in [7, 11) is 4.10. The third-order valence-corrected chi connectivity index (χ3v) is 3.59. The zero-order valence-corrected chi connectivity index (χ0v) is 12.6. The van der Waals surface area contributed by atoms with Crippen LogP contribution >= 0.6 is 0 Å². The fourth-order valence-corrected chi connectivity index (χ4v) is 2.42. The average molecular weight is 268 g/mol. The van der Waals surface area contributed by atoms with Crippen LogP contribution in [0.25, 0.3) is 0 Å². The maximum Gasteiger partial charge on any atom is 0.0552 e. The highest BCUT2D eigenvalue weighted by atomic mass is 15.1. The van der Waals surface area contributed by atoms with Gasteiger partial charge in [0.15, 0.2) is 0 Å². The SMILES string of the molecule is CCCc1cccc(C(N)c2cccc(N(C)C)c2)c1. The smallest absolute Gasteiger partial charge is 0.0552 e. The highest BCUT2D eigenvalue weighted by molar-refractivity contribution is 5.49. The lowest BCUT2D eigenvalue weighted by atomic mass is 9.96. The number of aryl methyl sites for hydroxylation is 1. The Labute approximate surface area is 122 Å². The zero-order chi connectivity index (χ0) is 14.5. The van der Waals surface area contributed by atoms with Crippen molar-refractivity contribution in [3.8, 4) is 0 Å². The monoisotopic (exact) mass is 268 g/mol. The van der Waals surface area contributed by atoms with E-state index in [-0.39, 0.29) is 6.04 Å². The van der Waals surface area contributed by atoms with Crippen molar-refractivity contribution in [2.75, 3.05) is 19.0 Å². The predicted octanol–water partition coefficient (Wildman–Crippen LogP) is 3.75. The molecule has 0 spiro atoms. The molecule has 0 aromatic heterocycles. The Morgan fingerprint density at radius 1 is 1.00 bits per heavy atom. The topological polar surface area (TPSA) is 29.3 Å². The Bertz CT molecular complexity index is 561. The minimum atomic E-state index is -0.0632. The molecule has 0 saturated carbocycles. The fraction of sp³-hybridized carbons (Fsp3) is 0.333. The summed E-state index contributed by atoms with van der Waals surface area (Å²) in [4.78, 5) is 2.10. The van der Waals surface area contributed by atoms with Gasteiger partial charge >= 0.3 is 0 Å². The van der Waals surface area contributed by atoms with Crippen LogP contribution in [0, 0.1) is 0 Å². The number of nitrogens with zero attached hydrogens (tertiary/aromatic N) is 1. The minimum absolute atomic E-state index is 0.0632. The molecule has 1 unspecified atom stereocenters. The average Bonchev–Trinajstić information content (AvgIpc) is 2.47. The molecule has 1 atom stereocenters. The maximum absolute atomic E-state index is 6.43. The number of hydrogen-bond donors (Lipinski definition) is 1. The third-order valence-electron chi connectivity index (χ3n) is 3.59. The molecule has 2 rings (SSSR count). The standard InChI is InChI=1S/C18H24N2/c1-4-7-14-8-5-9-15(12-14)18(19)16-10-6-11-17(13-16)20(2)3/h5-6,8-13,18H,4,7,19H2,1-3H3. The van der Waals surface area contributed by atoms with Crippen molar-refractivity contribution in [1.82, 2.24) is 0 Å². The van der Waals surface area contributed by atoms with E-state index in [1.54, 1.807) is 0 Å². The van der Waals surface area contributed by atoms with Gasteiger partial charge in [-0.15, -0.1) is 0 Å². The van der Waals surface area contributed by atoms with Crippen molar-refractivity contribution in [3.05, 3.63) is 65.2 Å². The van der Waals surface area contributed by atoms with Crippen LogP contribution in [0.1, 0.15) is 36.1 Å². The normalized spacial score (nSPS) is 12.2. The van der Waals surface area contributed by atoms with Crippen LogP contribution in [0.2, 0.25) is 0 Å². The lowest BCUT2D eigenvalue weighted by Gasteiger charge is -2.18. The molecule has 2 aromatic rings. The van der Waals surface area contributed by atoms with Crippen molar-refractivity contribution in [2.45, 2.75) is 25.8 Å². The molecule has 0 amide bonds. The van der Waals surface area contributed by atoms with E-state index in [4.69, 9.17) is 5.73 Å². The zero-order valence-electron chi connectivity index (χ0n) is 12.6. The van der Waals surface area contributed by atoms with Crippen LogP contribution in [0.3, 0.4) is 0 Å². The van der Waals surface area contributed by atoms with Crippen molar-refractivity contribution in [3.63, 3.8) is 0 Å². The first kappa shape index (κ1) is 14.6. The first-order chi connectivity index (χ1) is 9.61. The number of rotatable bonds is 5. The quantitative estimate of drug-likeness (QED) is 0.894. The van der Waals surface area contributed by atoms with E-state index in [9.17, 15) is 0 Å². The predicted molar refractivity (Wildman–Crippen MR) is 87.2 cm³/mol. The van der Waals surface area contributed by atoms with E-state index in [1.165, 1.54) is 16.8 Å². The summed E-state index contributed by atoms with van der Waals surface area (Å²) in [6, 6.07) is 17.0. The van der Waals surface area contributed by atoms with E-state index in [2.05, 4.69) is 60.4 Å². The van der Waals surface area contributed by atoms with Gasteiger partial charge in [-0.2, -0.15) is 0 Å². The molecule has 0 fully saturated rings. The first-order valence-corrected chi connectivity index (χ1v) is 7.23.